The first-order valence-electron chi connectivity index (χ1n) is 24.2. The van der Waals surface area contributed by atoms with Gasteiger partial charge in [-0.2, -0.15) is 0 Å². The summed E-state index contributed by atoms with van der Waals surface area (Å²) in [5.74, 6) is -0.261. The van der Waals surface area contributed by atoms with Crippen LogP contribution in [-0.4, -0.2) is 22.4 Å². The second-order valence-electron chi connectivity index (χ2n) is 18.2. The van der Waals surface area contributed by atoms with Crippen LogP contribution >= 0.6 is 0 Å². The number of halogens is 1. The third kappa shape index (κ3) is 7.18. The fraction of sp³-hybridized carbons (Fsp3) is 0. The number of para-hydroxylation sites is 2. The van der Waals surface area contributed by atoms with E-state index in [1.54, 1.807) is 12.1 Å². The van der Waals surface area contributed by atoms with Crippen LogP contribution in [0.3, 0.4) is 0 Å². The average Bonchev–Trinajstić information content (AvgIpc) is 3.95. The Morgan fingerprint density at radius 2 is 0.676 bits per heavy atom. The van der Waals surface area contributed by atoms with E-state index in [-0.39, 0.29) is 5.82 Å². The first-order valence-corrected chi connectivity index (χ1v) is 28.4. The number of aromatic nitrogens is 2. The summed E-state index contributed by atoms with van der Waals surface area (Å²) >= 11 is -3.69. The quantitative estimate of drug-likeness (QED) is 0.125. The third-order valence-corrected chi connectivity index (χ3v) is 24.3. The monoisotopic (exact) mass is 973 g/mol. The summed E-state index contributed by atoms with van der Waals surface area (Å²) in [6, 6.07) is 100. The Morgan fingerprint density at radius 3 is 1.23 bits per heavy atom. The molecular formula is C66H46FGeN3. The van der Waals surface area contributed by atoms with Crippen LogP contribution in [0.4, 0.5) is 21.5 Å². The summed E-state index contributed by atoms with van der Waals surface area (Å²) in [5, 5.41) is 4.63. The standard InChI is InChI=1S/C66H46FGeN3/c67-49-32-37-56(38-33-49)71-64-41-34-53(68(50-20-8-2-9-21-50,51-22-10-3-11-23-51)52-24-12-4-13-25-52)44-60(64)62-46-58(40-43-66(62)71)69(55-35-30-48(31-36-55)47-18-6-1-7-19-47)57-39-42-65-61(45-57)59-28-16-17-29-63(59)70(65)54-26-14-5-15-27-54/h1-46H. The van der Waals surface area contributed by atoms with E-state index in [1.807, 2.05) is 12.1 Å². The van der Waals surface area contributed by atoms with Crippen LogP contribution in [0, 0.1) is 5.82 Å². The van der Waals surface area contributed by atoms with E-state index >= 15 is 0 Å². The van der Waals surface area contributed by atoms with Gasteiger partial charge in [-0.15, -0.1) is 0 Å². The topological polar surface area (TPSA) is 13.1 Å². The molecule has 2 aromatic heterocycles. The van der Waals surface area contributed by atoms with E-state index in [2.05, 4.69) is 269 Å². The van der Waals surface area contributed by atoms with Gasteiger partial charge in [0.15, 0.2) is 0 Å². The Hall–Kier alpha value is -8.71. The van der Waals surface area contributed by atoms with Gasteiger partial charge in [0.2, 0.25) is 0 Å². The Balaban J connectivity index is 1.08. The van der Waals surface area contributed by atoms with Crippen molar-refractivity contribution in [1.29, 1.82) is 0 Å². The van der Waals surface area contributed by atoms with Crippen molar-refractivity contribution in [2.24, 2.45) is 0 Å². The SMILES string of the molecule is Fc1ccc(-n2c3ccc(N(c4ccc(-c5ccccc5)cc4)c4ccc5c(c4)c4ccccc4n5-c4ccccc4)cc3c3c[c]([Ge]([c]4ccccc4)([c]4ccccc4)[c]4ccccc4)ccc32)cc1. The first-order chi connectivity index (χ1) is 35.1. The molecule has 0 unspecified atom stereocenters. The Kier molecular flexibility index (Phi) is 10.6. The third-order valence-electron chi connectivity index (χ3n) is 14.3. The van der Waals surface area contributed by atoms with Gasteiger partial charge in [0.1, 0.15) is 0 Å². The van der Waals surface area contributed by atoms with Gasteiger partial charge in [0.25, 0.3) is 0 Å². The Bertz CT molecular complexity index is 3930. The number of nitrogens with zero attached hydrogens (tertiary/aromatic N) is 3. The predicted molar refractivity (Wildman–Crippen MR) is 299 cm³/mol. The van der Waals surface area contributed by atoms with Gasteiger partial charge in [-0.25, -0.2) is 0 Å². The van der Waals surface area contributed by atoms with E-state index in [1.165, 1.54) is 33.9 Å². The number of benzene rings is 11. The molecule has 0 aliphatic heterocycles. The van der Waals surface area contributed by atoms with Gasteiger partial charge in [0.05, 0.1) is 0 Å². The molecule has 0 bridgehead atoms. The number of fused-ring (bicyclic) bond motifs is 6. The number of rotatable bonds is 10. The molecule has 2 heterocycles. The van der Waals surface area contributed by atoms with Crippen LogP contribution in [0.25, 0.3) is 66.1 Å². The summed E-state index contributed by atoms with van der Waals surface area (Å²) in [7, 11) is 0. The summed E-state index contributed by atoms with van der Waals surface area (Å²) in [6.07, 6.45) is 0. The van der Waals surface area contributed by atoms with Crippen molar-refractivity contribution in [3.05, 3.63) is 285 Å². The van der Waals surface area contributed by atoms with Crippen LogP contribution in [0.2, 0.25) is 0 Å². The molecule has 0 saturated heterocycles. The molecular weight excluding hydrogens is 926 g/mol. The van der Waals surface area contributed by atoms with Crippen LogP contribution < -0.4 is 22.5 Å². The zero-order valence-electron chi connectivity index (χ0n) is 38.8. The van der Waals surface area contributed by atoms with Crippen molar-refractivity contribution in [2.75, 3.05) is 4.90 Å². The number of hydrogen-bond donors (Lipinski definition) is 0. The number of anilines is 3. The number of hydrogen-bond acceptors (Lipinski definition) is 1. The Morgan fingerprint density at radius 1 is 0.282 bits per heavy atom. The fourth-order valence-electron chi connectivity index (χ4n) is 11.2. The van der Waals surface area contributed by atoms with Crippen molar-refractivity contribution in [2.45, 2.75) is 0 Å². The van der Waals surface area contributed by atoms with Gasteiger partial charge < -0.3 is 0 Å². The van der Waals surface area contributed by atoms with Crippen molar-refractivity contribution in [1.82, 2.24) is 9.13 Å². The predicted octanol–water partition coefficient (Wildman–Crippen LogP) is 14.5. The molecule has 0 atom stereocenters. The molecule has 71 heavy (non-hydrogen) atoms. The molecule has 0 saturated carbocycles. The second-order valence-corrected chi connectivity index (χ2v) is 26.2. The van der Waals surface area contributed by atoms with Crippen LogP contribution in [0.5, 0.6) is 0 Å². The van der Waals surface area contributed by atoms with Crippen molar-refractivity contribution >= 4 is 91.5 Å². The molecule has 0 radical (unpaired) electrons. The van der Waals surface area contributed by atoms with E-state index in [0.29, 0.717) is 0 Å². The van der Waals surface area contributed by atoms with E-state index < -0.39 is 13.3 Å². The molecule has 0 aliphatic carbocycles. The van der Waals surface area contributed by atoms with E-state index in [9.17, 15) is 4.39 Å². The normalized spacial score (nSPS) is 11.7. The molecule has 11 aromatic carbocycles. The first kappa shape index (κ1) is 42.4. The van der Waals surface area contributed by atoms with Crippen molar-refractivity contribution < 1.29 is 4.39 Å². The molecule has 13 aromatic rings. The van der Waals surface area contributed by atoms with E-state index in [0.717, 1.165) is 66.8 Å². The summed E-state index contributed by atoms with van der Waals surface area (Å²) in [4.78, 5) is 2.40. The second kappa shape index (κ2) is 17.7. The molecule has 5 heteroatoms. The fourth-order valence-corrected chi connectivity index (χ4v) is 21.2. The van der Waals surface area contributed by atoms with Crippen LogP contribution in [-0.2, 0) is 0 Å². The average molecular weight is 973 g/mol. The van der Waals surface area contributed by atoms with E-state index in [4.69, 9.17) is 0 Å². The summed E-state index contributed by atoms with van der Waals surface area (Å²) in [5.41, 5.74) is 11.9. The Labute approximate surface area is 414 Å². The van der Waals surface area contributed by atoms with Gasteiger partial charge in [-0.05, 0) is 18.2 Å². The van der Waals surface area contributed by atoms with Crippen LogP contribution in [0.15, 0.2) is 279 Å². The molecule has 0 fully saturated rings. The molecule has 0 spiro atoms. The summed E-state index contributed by atoms with van der Waals surface area (Å²) in [6.45, 7) is 0. The maximum atomic E-state index is 14.7. The molecule has 336 valence electrons. The van der Waals surface area contributed by atoms with Crippen molar-refractivity contribution in [3.8, 4) is 22.5 Å². The zero-order valence-corrected chi connectivity index (χ0v) is 40.9. The minimum atomic E-state index is -3.69. The van der Waals surface area contributed by atoms with Crippen LogP contribution in [0.1, 0.15) is 0 Å². The molecule has 3 nitrogen and oxygen atoms in total. The maximum absolute atomic E-state index is 14.7. The molecule has 0 N–H and O–H groups in total. The van der Waals surface area contributed by atoms with Gasteiger partial charge in [-0.3, -0.25) is 0 Å². The minimum absolute atomic E-state index is 0.261. The zero-order chi connectivity index (χ0) is 47.3. The molecule has 0 amide bonds. The van der Waals surface area contributed by atoms with Crippen molar-refractivity contribution in [3.63, 3.8) is 0 Å². The van der Waals surface area contributed by atoms with Gasteiger partial charge >= 0.3 is 333 Å². The summed E-state index contributed by atoms with van der Waals surface area (Å²) < 4.78 is 24.8. The van der Waals surface area contributed by atoms with Gasteiger partial charge in [0, 0.05) is 5.69 Å². The van der Waals surface area contributed by atoms with Gasteiger partial charge in [-0.1, -0.05) is 60.7 Å². The molecule has 0 aliphatic rings. The molecule has 13 rings (SSSR count).